The van der Waals surface area contributed by atoms with Gasteiger partial charge in [-0.1, -0.05) is 12.1 Å². The molecule has 104 valence electrons. The van der Waals surface area contributed by atoms with E-state index >= 15 is 0 Å². The average Bonchev–Trinajstić information content (AvgIpc) is 2.55. The standard InChI is InChI=1S/C12H13ClFNO3S/c13-10-6-19(17,18)7-11(10)15-12(16)5-8-1-3-9(14)4-2-8/h1-4,10-11H,5-7H2,(H,15,16)/t10-,11+/m0/s1. The smallest absolute Gasteiger partial charge is 0.224 e. The van der Waals surface area contributed by atoms with Gasteiger partial charge >= 0.3 is 0 Å². The summed E-state index contributed by atoms with van der Waals surface area (Å²) in [5.41, 5.74) is 0.658. The molecular weight excluding hydrogens is 293 g/mol. The number of benzene rings is 1. The van der Waals surface area contributed by atoms with Gasteiger partial charge < -0.3 is 5.32 Å². The van der Waals surface area contributed by atoms with Gasteiger partial charge in [-0.3, -0.25) is 4.79 Å². The average molecular weight is 306 g/mol. The molecule has 2 atom stereocenters. The molecule has 0 radical (unpaired) electrons. The highest BCUT2D eigenvalue weighted by Crippen LogP contribution is 2.18. The normalized spacial score (nSPS) is 25.2. The van der Waals surface area contributed by atoms with Crippen LogP contribution in [0.1, 0.15) is 5.56 Å². The van der Waals surface area contributed by atoms with Crippen molar-refractivity contribution in [2.24, 2.45) is 0 Å². The Morgan fingerprint density at radius 3 is 2.47 bits per heavy atom. The van der Waals surface area contributed by atoms with E-state index in [2.05, 4.69) is 5.32 Å². The van der Waals surface area contributed by atoms with Crippen LogP contribution < -0.4 is 5.32 Å². The molecular formula is C12H13ClFNO3S. The number of alkyl halides is 1. The molecule has 0 aliphatic carbocycles. The number of sulfone groups is 1. The molecule has 0 aromatic heterocycles. The lowest BCUT2D eigenvalue weighted by Gasteiger charge is -2.14. The fraction of sp³-hybridized carbons (Fsp3) is 0.417. The van der Waals surface area contributed by atoms with Crippen LogP contribution in [0.5, 0.6) is 0 Å². The van der Waals surface area contributed by atoms with Crippen molar-refractivity contribution in [2.45, 2.75) is 17.8 Å². The van der Waals surface area contributed by atoms with Gasteiger partial charge in [-0.2, -0.15) is 0 Å². The number of nitrogens with one attached hydrogen (secondary N) is 1. The summed E-state index contributed by atoms with van der Waals surface area (Å²) in [7, 11) is -3.17. The van der Waals surface area contributed by atoms with Crippen LogP contribution in [0, 0.1) is 5.82 Å². The van der Waals surface area contributed by atoms with Crippen molar-refractivity contribution in [3.05, 3.63) is 35.6 Å². The van der Waals surface area contributed by atoms with E-state index in [0.29, 0.717) is 5.56 Å². The molecule has 1 fully saturated rings. The van der Waals surface area contributed by atoms with Gasteiger partial charge in [0.2, 0.25) is 5.91 Å². The second kappa shape index (κ2) is 5.46. The highest BCUT2D eigenvalue weighted by atomic mass is 35.5. The molecule has 7 heteroatoms. The molecule has 0 bridgehead atoms. The minimum Gasteiger partial charge on any atom is -0.351 e. The molecule has 0 spiro atoms. The largest absolute Gasteiger partial charge is 0.351 e. The van der Waals surface area contributed by atoms with Gasteiger partial charge in [0.1, 0.15) is 5.82 Å². The molecule has 1 N–H and O–H groups in total. The van der Waals surface area contributed by atoms with E-state index in [-0.39, 0.29) is 29.7 Å². The molecule has 0 unspecified atom stereocenters. The molecule has 1 saturated heterocycles. The monoisotopic (exact) mass is 305 g/mol. The lowest BCUT2D eigenvalue weighted by molar-refractivity contribution is -0.120. The van der Waals surface area contributed by atoms with Gasteiger partial charge in [-0.15, -0.1) is 11.6 Å². The first-order valence-electron chi connectivity index (χ1n) is 5.74. The molecule has 1 aromatic carbocycles. The number of hydrogen-bond acceptors (Lipinski definition) is 3. The quantitative estimate of drug-likeness (QED) is 0.844. The Hall–Kier alpha value is -1.14. The molecule has 19 heavy (non-hydrogen) atoms. The zero-order valence-corrected chi connectivity index (χ0v) is 11.5. The van der Waals surface area contributed by atoms with Crippen LogP contribution in [-0.2, 0) is 21.1 Å². The Morgan fingerprint density at radius 2 is 1.95 bits per heavy atom. The van der Waals surface area contributed by atoms with Crippen molar-refractivity contribution in [2.75, 3.05) is 11.5 Å². The molecule has 4 nitrogen and oxygen atoms in total. The van der Waals surface area contributed by atoms with Crippen molar-refractivity contribution in [1.29, 1.82) is 0 Å². The summed E-state index contributed by atoms with van der Waals surface area (Å²) in [6.07, 6.45) is 0.0699. The van der Waals surface area contributed by atoms with Crippen LogP contribution in [0.25, 0.3) is 0 Å². The molecule has 0 saturated carbocycles. The van der Waals surface area contributed by atoms with E-state index in [0.717, 1.165) is 0 Å². The first-order chi connectivity index (χ1) is 8.85. The summed E-state index contributed by atoms with van der Waals surface area (Å²) in [4.78, 5) is 11.8. The van der Waals surface area contributed by atoms with Gasteiger partial charge in [0, 0.05) is 0 Å². The first kappa shape index (κ1) is 14.3. The predicted octanol–water partition coefficient (Wildman–Crippen LogP) is 0.889. The third-order valence-corrected chi connectivity index (χ3v) is 5.28. The summed E-state index contributed by atoms with van der Waals surface area (Å²) in [5, 5.41) is 2.01. The SMILES string of the molecule is O=C(Cc1ccc(F)cc1)N[C@@H]1CS(=O)(=O)C[C@@H]1Cl. The third kappa shape index (κ3) is 3.91. The van der Waals surface area contributed by atoms with Gasteiger partial charge in [-0.05, 0) is 17.7 Å². The topological polar surface area (TPSA) is 63.2 Å². The van der Waals surface area contributed by atoms with Crippen molar-refractivity contribution >= 4 is 27.3 Å². The summed E-state index contributed by atoms with van der Waals surface area (Å²) in [6, 6.07) is 5.01. The van der Waals surface area contributed by atoms with E-state index in [1.165, 1.54) is 24.3 Å². The molecule has 1 aliphatic rings. The zero-order chi connectivity index (χ0) is 14.0. The van der Waals surface area contributed by atoms with Gasteiger partial charge in [0.05, 0.1) is 29.3 Å². The summed E-state index contributed by atoms with van der Waals surface area (Å²) in [6.45, 7) is 0. The van der Waals surface area contributed by atoms with Crippen LogP contribution >= 0.6 is 11.6 Å². The van der Waals surface area contributed by atoms with Crippen LogP contribution in [0.2, 0.25) is 0 Å². The maximum absolute atomic E-state index is 12.7. The minimum absolute atomic E-state index is 0.0699. The number of halogens is 2. The Morgan fingerprint density at radius 1 is 1.32 bits per heavy atom. The number of amides is 1. The lowest BCUT2D eigenvalue weighted by atomic mass is 10.1. The van der Waals surface area contributed by atoms with Crippen molar-refractivity contribution in [1.82, 2.24) is 5.32 Å². The Balaban J connectivity index is 1.93. The summed E-state index contributed by atoms with van der Waals surface area (Å²) >= 11 is 5.89. The molecule has 2 rings (SSSR count). The maximum atomic E-state index is 12.7. The molecule has 1 aromatic rings. The molecule has 1 heterocycles. The number of carbonyl (C=O) groups excluding carboxylic acids is 1. The Kier molecular flexibility index (Phi) is 4.10. The van der Waals surface area contributed by atoms with Crippen molar-refractivity contribution in [3.8, 4) is 0 Å². The van der Waals surface area contributed by atoms with E-state index in [1.54, 1.807) is 0 Å². The fourth-order valence-electron chi connectivity index (χ4n) is 1.98. The van der Waals surface area contributed by atoms with Crippen molar-refractivity contribution < 1.29 is 17.6 Å². The van der Waals surface area contributed by atoms with Crippen LogP contribution in [-0.4, -0.2) is 37.2 Å². The van der Waals surface area contributed by atoms with E-state index in [4.69, 9.17) is 11.6 Å². The van der Waals surface area contributed by atoms with Crippen molar-refractivity contribution in [3.63, 3.8) is 0 Å². The second-order valence-corrected chi connectivity index (χ2v) is 7.28. The minimum atomic E-state index is -3.17. The van der Waals surface area contributed by atoms with Gasteiger partial charge in [0.25, 0.3) is 0 Å². The number of hydrogen-bond donors (Lipinski definition) is 1. The van der Waals surface area contributed by atoms with Crippen LogP contribution in [0.4, 0.5) is 4.39 Å². The first-order valence-corrected chi connectivity index (χ1v) is 8.00. The van der Waals surface area contributed by atoms with Crippen LogP contribution in [0.3, 0.4) is 0 Å². The number of rotatable bonds is 3. The Labute approximate surface area is 115 Å². The van der Waals surface area contributed by atoms with E-state index in [9.17, 15) is 17.6 Å². The molecule has 1 aliphatic heterocycles. The second-order valence-electron chi connectivity index (χ2n) is 4.57. The lowest BCUT2D eigenvalue weighted by Crippen LogP contribution is -2.41. The summed E-state index contributed by atoms with van der Waals surface area (Å²) < 4.78 is 35.4. The van der Waals surface area contributed by atoms with Gasteiger partial charge in [-0.25, -0.2) is 12.8 Å². The van der Waals surface area contributed by atoms with E-state index in [1.807, 2.05) is 0 Å². The highest BCUT2D eigenvalue weighted by Gasteiger charge is 2.37. The van der Waals surface area contributed by atoms with Crippen LogP contribution in [0.15, 0.2) is 24.3 Å². The van der Waals surface area contributed by atoms with Gasteiger partial charge in [0.15, 0.2) is 9.84 Å². The number of carbonyl (C=O) groups is 1. The highest BCUT2D eigenvalue weighted by molar-refractivity contribution is 7.91. The summed E-state index contributed by atoms with van der Waals surface area (Å²) in [5.74, 6) is -0.932. The third-order valence-electron chi connectivity index (χ3n) is 2.91. The molecule has 1 amide bonds. The zero-order valence-electron chi connectivity index (χ0n) is 9.97. The Bertz CT molecular complexity index is 573. The predicted molar refractivity (Wildman–Crippen MR) is 70.3 cm³/mol. The maximum Gasteiger partial charge on any atom is 0.224 e. The van der Waals surface area contributed by atoms with E-state index < -0.39 is 21.3 Å². The fourth-order valence-corrected chi connectivity index (χ4v) is 4.53.